The molecule has 0 aromatic carbocycles. The van der Waals surface area contributed by atoms with Crippen LogP contribution in [0.3, 0.4) is 0 Å². The monoisotopic (exact) mass is 219 g/mol. The molecule has 1 radical (unpaired) electrons. The summed E-state index contributed by atoms with van der Waals surface area (Å²) in [5.74, 6) is 0. The van der Waals surface area contributed by atoms with Crippen LogP contribution in [0, 0.1) is 0 Å². The third-order valence-electron chi connectivity index (χ3n) is 0.610. The van der Waals surface area contributed by atoms with Crippen molar-refractivity contribution in [2.75, 3.05) is 13.2 Å². The second kappa shape index (κ2) is 7.69. The predicted octanol–water partition coefficient (Wildman–Crippen LogP) is -1.26. The Morgan fingerprint density at radius 3 is 2.40 bits per heavy atom. The molecule has 0 rings (SSSR count). The smallest absolute Gasteiger partial charge is 0.316 e. The Morgan fingerprint density at radius 2 is 2.10 bits per heavy atom. The Hall–Kier alpha value is 0.589. The van der Waals surface area contributed by atoms with Crippen molar-refractivity contribution >= 4 is 8.25 Å². The van der Waals surface area contributed by atoms with E-state index in [1.54, 1.807) is 0 Å². The number of aliphatic hydroxyl groups is 2. The summed E-state index contributed by atoms with van der Waals surface area (Å²) in [7, 11) is -2.96. The molecule has 3 N–H and O–H groups in total. The molecule has 0 amide bonds. The van der Waals surface area contributed by atoms with Gasteiger partial charge in [0.25, 0.3) is 0 Å². The molecule has 2 atom stereocenters. The van der Waals surface area contributed by atoms with E-state index < -0.39 is 21.0 Å². The molecule has 10 heavy (non-hydrogen) atoms. The molecule has 0 aliphatic heterocycles. The Labute approximate surface area is 69.4 Å². The van der Waals surface area contributed by atoms with Crippen LogP contribution in [0.2, 0.25) is 0 Å². The summed E-state index contributed by atoms with van der Waals surface area (Å²) in [4.78, 5) is 8.03. The molecule has 0 fully saturated rings. The zero-order chi connectivity index (χ0) is 7.28. The Morgan fingerprint density at radius 1 is 1.60 bits per heavy atom. The molecule has 7 heteroatoms. The average Bonchev–Trinajstić information content (AvgIpc) is 1.83. The van der Waals surface area contributed by atoms with Crippen LogP contribution in [-0.4, -0.2) is 34.4 Å². The van der Waals surface area contributed by atoms with E-state index in [-0.39, 0.29) is 23.7 Å². The Bertz CT molecular complexity index is 98.9. The van der Waals surface area contributed by atoms with Crippen LogP contribution in [0.4, 0.5) is 0 Å². The molecule has 0 spiro atoms. The van der Waals surface area contributed by atoms with Gasteiger partial charge in [-0.05, 0) is 0 Å². The normalized spacial score (nSPS) is 15.5. The van der Waals surface area contributed by atoms with E-state index >= 15 is 0 Å². The summed E-state index contributed by atoms with van der Waals surface area (Å²) in [5, 5.41) is 16.6. The van der Waals surface area contributed by atoms with Crippen LogP contribution < -0.4 is 0 Å². The Balaban J connectivity index is 0. The average molecular weight is 220 g/mol. The summed E-state index contributed by atoms with van der Waals surface area (Å²) in [6.45, 7) is -0.764. The van der Waals surface area contributed by atoms with Crippen molar-refractivity contribution < 1.29 is 41.3 Å². The minimum absolute atomic E-state index is 0. The Kier molecular flexibility index (Phi) is 10.2. The van der Waals surface area contributed by atoms with Gasteiger partial charge in [0.15, 0.2) is 0 Å². The molecule has 0 bridgehead atoms. The molecule has 5 nitrogen and oxygen atoms in total. The topological polar surface area (TPSA) is 87.0 Å². The van der Waals surface area contributed by atoms with Gasteiger partial charge in [-0.25, -0.2) is 0 Å². The minimum Gasteiger partial charge on any atom is -0.394 e. The molecule has 0 aliphatic rings. The molecular weight excluding hydrogens is 211 g/mol. The molecule has 0 saturated carbocycles. The van der Waals surface area contributed by atoms with Crippen molar-refractivity contribution in [1.82, 2.24) is 0 Å². The molecule has 67 valence electrons. The van der Waals surface area contributed by atoms with Gasteiger partial charge in [0.2, 0.25) is 0 Å². The van der Waals surface area contributed by atoms with Crippen LogP contribution in [0.1, 0.15) is 0 Å². The summed E-state index contributed by atoms with van der Waals surface area (Å²) < 4.78 is 13.9. The fourth-order valence-corrected chi connectivity index (χ4v) is 0.555. The van der Waals surface area contributed by atoms with Gasteiger partial charge in [-0.2, -0.15) is 0 Å². The third-order valence-corrected chi connectivity index (χ3v) is 1.02. The third kappa shape index (κ3) is 8.59. The first-order valence-electron chi connectivity index (χ1n) is 2.31. The number of rotatable bonds is 4. The van der Waals surface area contributed by atoms with E-state index in [1.807, 2.05) is 0 Å². The SMILES string of the molecule is O=[PH](O)OCC(O)CO.[Cu]. The van der Waals surface area contributed by atoms with E-state index in [2.05, 4.69) is 4.52 Å². The summed E-state index contributed by atoms with van der Waals surface area (Å²) in [5.41, 5.74) is 0. The molecule has 2 unspecified atom stereocenters. The molecular formula is C3H9CuO5P. The van der Waals surface area contributed by atoms with E-state index in [9.17, 15) is 4.57 Å². The first-order chi connectivity index (χ1) is 4.16. The fourth-order valence-electron chi connectivity index (χ4n) is 0.220. The van der Waals surface area contributed by atoms with E-state index in [4.69, 9.17) is 15.1 Å². The van der Waals surface area contributed by atoms with E-state index in [1.165, 1.54) is 0 Å². The standard InChI is InChI=1S/C3H9O5P.Cu/c4-1-3(5)2-8-9(6)7;/h3-5,9H,1-2H2,(H,6,7);. The van der Waals surface area contributed by atoms with Crippen molar-refractivity contribution in [3.05, 3.63) is 0 Å². The molecule has 0 saturated heterocycles. The van der Waals surface area contributed by atoms with Crippen LogP contribution in [0.5, 0.6) is 0 Å². The molecule has 0 aliphatic carbocycles. The summed E-state index contributed by atoms with van der Waals surface area (Å²) in [6, 6.07) is 0. The van der Waals surface area contributed by atoms with Crippen LogP contribution in [0.25, 0.3) is 0 Å². The van der Waals surface area contributed by atoms with Gasteiger partial charge in [0.1, 0.15) is 6.10 Å². The second-order valence-electron chi connectivity index (χ2n) is 1.41. The van der Waals surface area contributed by atoms with Gasteiger partial charge in [-0.3, -0.25) is 4.57 Å². The molecule has 0 aromatic rings. The molecule has 0 heterocycles. The largest absolute Gasteiger partial charge is 0.394 e. The van der Waals surface area contributed by atoms with Crippen molar-refractivity contribution in [2.45, 2.75) is 6.10 Å². The van der Waals surface area contributed by atoms with Gasteiger partial charge < -0.3 is 19.6 Å². The first kappa shape index (κ1) is 13.2. The zero-order valence-electron chi connectivity index (χ0n) is 4.95. The second-order valence-corrected chi connectivity index (χ2v) is 2.23. The van der Waals surface area contributed by atoms with Gasteiger partial charge in [-0.1, -0.05) is 0 Å². The maximum Gasteiger partial charge on any atom is 0.316 e. The van der Waals surface area contributed by atoms with Crippen molar-refractivity contribution in [2.24, 2.45) is 0 Å². The van der Waals surface area contributed by atoms with E-state index in [0.717, 1.165) is 0 Å². The fraction of sp³-hybridized carbons (Fsp3) is 1.00. The van der Waals surface area contributed by atoms with E-state index in [0.29, 0.717) is 0 Å². The number of hydrogen-bond acceptors (Lipinski definition) is 4. The van der Waals surface area contributed by atoms with Gasteiger partial charge in [-0.15, -0.1) is 0 Å². The summed E-state index contributed by atoms with van der Waals surface area (Å²) in [6.07, 6.45) is -1.06. The first-order valence-corrected chi connectivity index (χ1v) is 3.58. The van der Waals surface area contributed by atoms with Crippen molar-refractivity contribution in [1.29, 1.82) is 0 Å². The minimum atomic E-state index is -2.96. The quantitative estimate of drug-likeness (QED) is 0.406. The summed E-state index contributed by atoms with van der Waals surface area (Å²) >= 11 is 0. The maximum absolute atomic E-state index is 9.79. The van der Waals surface area contributed by atoms with Gasteiger partial charge >= 0.3 is 8.25 Å². The van der Waals surface area contributed by atoms with Gasteiger partial charge in [0.05, 0.1) is 13.2 Å². The van der Waals surface area contributed by atoms with Crippen LogP contribution in [-0.2, 0) is 26.2 Å². The zero-order valence-corrected chi connectivity index (χ0v) is 6.89. The van der Waals surface area contributed by atoms with Crippen LogP contribution >= 0.6 is 8.25 Å². The van der Waals surface area contributed by atoms with Crippen LogP contribution in [0.15, 0.2) is 0 Å². The molecule has 0 aromatic heterocycles. The van der Waals surface area contributed by atoms with Gasteiger partial charge in [0, 0.05) is 17.1 Å². The van der Waals surface area contributed by atoms with Crippen molar-refractivity contribution in [3.63, 3.8) is 0 Å². The predicted molar refractivity (Wildman–Crippen MR) is 30.3 cm³/mol. The number of aliphatic hydroxyl groups excluding tert-OH is 2. The maximum atomic E-state index is 9.79. The number of hydrogen-bond donors (Lipinski definition) is 3. The van der Waals surface area contributed by atoms with Crippen molar-refractivity contribution in [3.8, 4) is 0 Å².